The van der Waals surface area contributed by atoms with Gasteiger partial charge in [0.2, 0.25) is 11.8 Å². The second kappa shape index (κ2) is 8.59. The molecule has 0 fully saturated rings. The van der Waals surface area contributed by atoms with Gasteiger partial charge in [0.1, 0.15) is 11.3 Å². The van der Waals surface area contributed by atoms with E-state index in [0.717, 1.165) is 6.20 Å². The summed E-state index contributed by atoms with van der Waals surface area (Å²) in [5.41, 5.74) is 0.384. The average Bonchev–Trinajstić information content (AvgIpc) is 3.39. The highest BCUT2D eigenvalue weighted by Crippen LogP contribution is 2.30. The number of benzene rings is 1. The number of aromatic nitrogens is 7. The molecule has 0 saturated carbocycles. The number of alkyl halides is 3. The standard InChI is InChI=1S/C23H17F4N7O2/c1-33-11-16(23(25,26)27)30-20(33)13-5-3-12(4-6-13)10-34-21-15(29-22(34)35)9-28-19(32-21)14-7-8-17(36-2)31-18(14)24/h3-9,11H,10H2,1-2H3,(H,29,35). The molecule has 1 N–H and O–H groups in total. The van der Waals surface area contributed by atoms with Crippen LogP contribution in [0.25, 0.3) is 33.9 Å². The molecule has 184 valence electrons. The lowest BCUT2D eigenvalue weighted by Crippen LogP contribution is -2.17. The summed E-state index contributed by atoms with van der Waals surface area (Å²) in [6.45, 7) is 0.104. The van der Waals surface area contributed by atoms with E-state index in [1.54, 1.807) is 24.3 Å². The van der Waals surface area contributed by atoms with Crippen molar-refractivity contribution in [2.24, 2.45) is 7.05 Å². The van der Waals surface area contributed by atoms with Crippen LogP contribution in [0, 0.1) is 5.95 Å². The van der Waals surface area contributed by atoms with Crippen LogP contribution in [0.5, 0.6) is 5.88 Å². The minimum Gasteiger partial charge on any atom is -0.481 e. The minimum absolute atomic E-state index is 0.0356. The summed E-state index contributed by atoms with van der Waals surface area (Å²) in [7, 11) is 2.85. The van der Waals surface area contributed by atoms with E-state index in [1.165, 1.54) is 41.6 Å². The molecule has 9 nitrogen and oxygen atoms in total. The van der Waals surface area contributed by atoms with Crippen LogP contribution in [0.1, 0.15) is 11.3 Å². The third kappa shape index (κ3) is 4.19. The molecule has 0 bridgehead atoms. The number of aryl methyl sites for hydroxylation is 1. The van der Waals surface area contributed by atoms with Gasteiger partial charge in [0.05, 0.1) is 25.4 Å². The minimum atomic E-state index is -4.54. The van der Waals surface area contributed by atoms with Crippen LogP contribution in [-0.2, 0) is 19.8 Å². The fourth-order valence-electron chi connectivity index (χ4n) is 3.73. The number of nitrogens with one attached hydrogen (secondary N) is 1. The summed E-state index contributed by atoms with van der Waals surface area (Å²) < 4.78 is 60.9. The second-order valence-corrected chi connectivity index (χ2v) is 7.89. The number of nitrogens with zero attached hydrogens (tertiary/aromatic N) is 6. The quantitative estimate of drug-likeness (QED) is 0.292. The van der Waals surface area contributed by atoms with Gasteiger partial charge < -0.3 is 14.3 Å². The maximum Gasteiger partial charge on any atom is 0.434 e. The summed E-state index contributed by atoms with van der Waals surface area (Å²) >= 11 is 0. The van der Waals surface area contributed by atoms with E-state index in [2.05, 4.69) is 24.9 Å². The van der Waals surface area contributed by atoms with Gasteiger partial charge in [-0.1, -0.05) is 24.3 Å². The Labute approximate surface area is 200 Å². The van der Waals surface area contributed by atoms with Crippen molar-refractivity contribution in [3.05, 3.63) is 76.5 Å². The van der Waals surface area contributed by atoms with Crippen molar-refractivity contribution in [2.75, 3.05) is 7.11 Å². The van der Waals surface area contributed by atoms with Crippen LogP contribution in [0.15, 0.2) is 53.6 Å². The smallest absolute Gasteiger partial charge is 0.434 e. The molecule has 0 aliphatic rings. The lowest BCUT2D eigenvalue weighted by molar-refractivity contribution is -0.140. The highest BCUT2D eigenvalue weighted by atomic mass is 19.4. The number of imidazole rings is 2. The molecule has 1 aromatic carbocycles. The topological polar surface area (TPSA) is 104 Å². The van der Waals surface area contributed by atoms with Gasteiger partial charge in [0.15, 0.2) is 17.2 Å². The largest absolute Gasteiger partial charge is 0.481 e. The molecule has 36 heavy (non-hydrogen) atoms. The Kier molecular flexibility index (Phi) is 5.54. The summed E-state index contributed by atoms with van der Waals surface area (Å²) in [4.78, 5) is 31.1. The highest BCUT2D eigenvalue weighted by Gasteiger charge is 2.34. The molecule has 0 aliphatic heterocycles. The first-order valence-electron chi connectivity index (χ1n) is 10.5. The van der Waals surface area contributed by atoms with Crippen molar-refractivity contribution in [2.45, 2.75) is 12.7 Å². The number of hydrogen-bond acceptors (Lipinski definition) is 6. The summed E-state index contributed by atoms with van der Waals surface area (Å²) in [6, 6.07) is 9.50. The van der Waals surface area contributed by atoms with Gasteiger partial charge in [-0.2, -0.15) is 22.5 Å². The Balaban J connectivity index is 1.46. The van der Waals surface area contributed by atoms with Gasteiger partial charge in [0, 0.05) is 24.9 Å². The normalized spacial score (nSPS) is 11.8. The summed E-state index contributed by atoms with van der Waals surface area (Å²) in [6.07, 6.45) is -2.24. The maximum absolute atomic E-state index is 14.4. The average molecular weight is 499 g/mol. The number of ether oxygens (including phenoxy) is 1. The molecule has 0 unspecified atom stereocenters. The number of rotatable bonds is 5. The van der Waals surface area contributed by atoms with Crippen LogP contribution in [0.4, 0.5) is 17.6 Å². The van der Waals surface area contributed by atoms with Crippen molar-refractivity contribution < 1.29 is 22.3 Å². The van der Waals surface area contributed by atoms with E-state index < -0.39 is 23.5 Å². The molecule has 13 heteroatoms. The number of H-pyrrole nitrogens is 1. The zero-order chi connectivity index (χ0) is 25.6. The third-order valence-electron chi connectivity index (χ3n) is 5.50. The van der Waals surface area contributed by atoms with Crippen molar-refractivity contribution in [1.29, 1.82) is 0 Å². The predicted molar refractivity (Wildman–Crippen MR) is 121 cm³/mol. The Hall–Kier alpha value is -4.55. The van der Waals surface area contributed by atoms with Crippen LogP contribution in [-0.4, -0.2) is 41.2 Å². The number of halogens is 4. The summed E-state index contributed by atoms with van der Waals surface area (Å²) in [5, 5.41) is 0. The van der Waals surface area contributed by atoms with Crippen LogP contribution in [0.3, 0.4) is 0 Å². The fraction of sp³-hybridized carbons (Fsp3) is 0.174. The van der Waals surface area contributed by atoms with E-state index in [-0.39, 0.29) is 35.3 Å². The zero-order valence-corrected chi connectivity index (χ0v) is 18.8. The Morgan fingerprint density at radius 2 is 1.81 bits per heavy atom. The molecule has 4 aromatic heterocycles. The molecule has 0 radical (unpaired) electrons. The van der Waals surface area contributed by atoms with Gasteiger partial charge in [-0.3, -0.25) is 4.57 Å². The van der Waals surface area contributed by atoms with E-state index in [9.17, 15) is 22.4 Å². The monoisotopic (exact) mass is 499 g/mol. The van der Waals surface area contributed by atoms with Gasteiger partial charge in [-0.05, 0) is 11.6 Å². The van der Waals surface area contributed by atoms with Crippen molar-refractivity contribution in [1.82, 2.24) is 34.1 Å². The Morgan fingerprint density at radius 1 is 1.06 bits per heavy atom. The maximum atomic E-state index is 14.4. The third-order valence-corrected chi connectivity index (χ3v) is 5.50. The number of fused-ring (bicyclic) bond motifs is 1. The number of methoxy groups -OCH3 is 1. The SMILES string of the molecule is COc1ccc(-c2ncc3[nH]c(=O)n(Cc4ccc(-c5nc(C(F)(F)F)cn5C)cc4)c3n2)c(F)n1. The van der Waals surface area contributed by atoms with E-state index >= 15 is 0 Å². The van der Waals surface area contributed by atoms with Gasteiger partial charge in [-0.25, -0.2) is 19.7 Å². The van der Waals surface area contributed by atoms with Crippen molar-refractivity contribution in [3.63, 3.8) is 0 Å². The van der Waals surface area contributed by atoms with Crippen molar-refractivity contribution >= 4 is 11.2 Å². The molecule has 5 rings (SSSR count). The number of aromatic amines is 1. The molecule has 0 aliphatic carbocycles. The predicted octanol–water partition coefficient (Wildman–Crippen LogP) is 3.80. The Bertz CT molecular complexity index is 1640. The molecule has 0 spiro atoms. The van der Waals surface area contributed by atoms with Gasteiger partial charge in [-0.15, -0.1) is 0 Å². The molecular weight excluding hydrogens is 482 g/mol. The first kappa shape index (κ1) is 23.2. The first-order valence-corrected chi connectivity index (χ1v) is 10.5. The highest BCUT2D eigenvalue weighted by molar-refractivity contribution is 5.73. The molecule has 4 heterocycles. The first-order chi connectivity index (χ1) is 17.1. The van der Waals surface area contributed by atoms with E-state index in [1.807, 2.05) is 0 Å². The van der Waals surface area contributed by atoms with Crippen molar-refractivity contribution in [3.8, 4) is 28.7 Å². The van der Waals surface area contributed by atoms with Crippen LogP contribution in [0.2, 0.25) is 0 Å². The van der Waals surface area contributed by atoms with Gasteiger partial charge in [0.25, 0.3) is 0 Å². The number of pyridine rings is 1. The van der Waals surface area contributed by atoms with Gasteiger partial charge >= 0.3 is 11.9 Å². The molecule has 0 amide bonds. The second-order valence-electron chi connectivity index (χ2n) is 7.89. The molecule has 5 aromatic rings. The van der Waals surface area contributed by atoms with E-state index in [0.29, 0.717) is 16.6 Å². The van der Waals surface area contributed by atoms with Crippen LogP contribution >= 0.6 is 0 Å². The van der Waals surface area contributed by atoms with E-state index in [4.69, 9.17) is 4.74 Å². The summed E-state index contributed by atoms with van der Waals surface area (Å²) in [5.74, 6) is -0.532. The zero-order valence-electron chi connectivity index (χ0n) is 18.8. The lowest BCUT2D eigenvalue weighted by atomic mass is 10.1. The lowest BCUT2D eigenvalue weighted by Gasteiger charge is -2.07. The molecular formula is C23H17F4N7O2. The molecule has 0 atom stereocenters. The van der Waals surface area contributed by atoms with Crippen LogP contribution < -0.4 is 10.4 Å². The molecule has 0 saturated heterocycles. The Morgan fingerprint density at radius 3 is 2.44 bits per heavy atom. The fourth-order valence-corrected chi connectivity index (χ4v) is 3.73. The number of hydrogen-bond donors (Lipinski definition) is 1.